The van der Waals surface area contributed by atoms with Crippen LogP contribution in [0.2, 0.25) is 0 Å². The Kier molecular flexibility index (Phi) is 3.93. The lowest BCUT2D eigenvalue weighted by Crippen LogP contribution is -2.11. The van der Waals surface area contributed by atoms with Gasteiger partial charge in [0.25, 0.3) is 0 Å². The minimum Gasteiger partial charge on any atom is -0.493 e. The van der Waals surface area contributed by atoms with Crippen molar-refractivity contribution in [1.29, 1.82) is 0 Å². The normalized spacial score (nSPS) is 9.73. The van der Waals surface area contributed by atoms with Crippen molar-refractivity contribution in [2.45, 2.75) is 0 Å². The fraction of sp³-hybridized carbons (Fsp3) is 0.300. The van der Waals surface area contributed by atoms with Crippen molar-refractivity contribution < 1.29 is 19.4 Å². The van der Waals surface area contributed by atoms with E-state index in [4.69, 9.17) is 20.3 Å². The Hall–Kier alpha value is -1.75. The van der Waals surface area contributed by atoms with Crippen molar-refractivity contribution in [3.63, 3.8) is 0 Å². The van der Waals surface area contributed by atoms with E-state index in [1.165, 1.54) is 13.2 Å². The molecule has 0 bridgehead atoms. The number of carbonyl (C=O) groups excluding carboxylic acids is 1. The molecule has 0 spiro atoms. The first kappa shape index (κ1) is 11.3. The van der Waals surface area contributed by atoms with Crippen LogP contribution in [-0.4, -0.2) is 31.3 Å². The van der Waals surface area contributed by atoms with Crippen LogP contribution in [0.3, 0.4) is 0 Å². The number of aliphatic hydroxyl groups is 1. The summed E-state index contributed by atoms with van der Waals surface area (Å²) in [6, 6.07) is 4.62. The maximum atomic E-state index is 10.9. The van der Waals surface area contributed by atoms with Crippen molar-refractivity contribution in [1.82, 2.24) is 0 Å². The highest BCUT2D eigenvalue weighted by atomic mass is 16.5. The maximum Gasteiger partial charge on any atom is 0.248 e. The number of aliphatic hydroxyl groups excluding tert-OH is 1. The van der Waals surface area contributed by atoms with Crippen molar-refractivity contribution in [2.24, 2.45) is 5.73 Å². The summed E-state index contributed by atoms with van der Waals surface area (Å²) < 4.78 is 10.2. The average molecular weight is 211 g/mol. The second-order valence-electron chi connectivity index (χ2n) is 2.80. The van der Waals surface area contributed by atoms with Crippen molar-refractivity contribution >= 4 is 5.91 Å². The monoisotopic (exact) mass is 211 g/mol. The number of hydrogen-bond donors (Lipinski definition) is 2. The standard InChI is InChI=1S/C10H13NO4/c1-14-8-3-2-7(10(11)13)6-9(8)15-5-4-12/h2-3,6,12H,4-5H2,1H3,(H2,11,13). The van der Waals surface area contributed by atoms with Gasteiger partial charge < -0.3 is 20.3 Å². The summed E-state index contributed by atoms with van der Waals surface area (Å²) in [5.74, 6) is 0.350. The van der Waals surface area contributed by atoms with Gasteiger partial charge in [-0.1, -0.05) is 0 Å². The SMILES string of the molecule is COc1ccc(C(N)=O)cc1OCCO. The molecule has 0 aliphatic heterocycles. The Morgan fingerprint density at radius 1 is 1.47 bits per heavy atom. The van der Waals surface area contributed by atoms with Gasteiger partial charge in [-0.25, -0.2) is 0 Å². The molecule has 5 nitrogen and oxygen atoms in total. The highest BCUT2D eigenvalue weighted by Crippen LogP contribution is 2.27. The lowest BCUT2D eigenvalue weighted by molar-refractivity contribution is 0.0999. The topological polar surface area (TPSA) is 81.8 Å². The van der Waals surface area contributed by atoms with Gasteiger partial charge in [-0.15, -0.1) is 0 Å². The molecule has 15 heavy (non-hydrogen) atoms. The second kappa shape index (κ2) is 5.21. The largest absolute Gasteiger partial charge is 0.493 e. The molecule has 0 radical (unpaired) electrons. The molecule has 0 saturated heterocycles. The molecule has 1 aromatic carbocycles. The van der Waals surface area contributed by atoms with Gasteiger partial charge in [0.2, 0.25) is 5.91 Å². The molecule has 3 N–H and O–H groups in total. The molecule has 82 valence electrons. The molecule has 0 fully saturated rings. The highest BCUT2D eigenvalue weighted by molar-refractivity contribution is 5.93. The third-order valence-electron chi connectivity index (χ3n) is 1.80. The molecular weight excluding hydrogens is 198 g/mol. The summed E-state index contributed by atoms with van der Waals surface area (Å²) in [6.07, 6.45) is 0. The first-order valence-corrected chi connectivity index (χ1v) is 4.40. The fourth-order valence-electron chi connectivity index (χ4n) is 1.10. The van der Waals surface area contributed by atoms with Gasteiger partial charge in [0, 0.05) is 5.56 Å². The molecule has 1 aromatic rings. The van der Waals surface area contributed by atoms with Gasteiger partial charge >= 0.3 is 0 Å². The number of ether oxygens (including phenoxy) is 2. The minimum atomic E-state index is -0.536. The van der Waals surface area contributed by atoms with Gasteiger partial charge in [-0.3, -0.25) is 4.79 Å². The van der Waals surface area contributed by atoms with E-state index in [-0.39, 0.29) is 13.2 Å². The van der Waals surface area contributed by atoms with E-state index in [1.807, 2.05) is 0 Å². The Morgan fingerprint density at radius 2 is 2.20 bits per heavy atom. The number of rotatable bonds is 5. The lowest BCUT2D eigenvalue weighted by Gasteiger charge is -2.10. The van der Waals surface area contributed by atoms with E-state index >= 15 is 0 Å². The van der Waals surface area contributed by atoms with Crippen LogP contribution >= 0.6 is 0 Å². The fourth-order valence-corrected chi connectivity index (χ4v) is 1.10. The number of hydrogen-bond acceptors (Lipinski definition) is 4. The molecule has 0 aliphatic rings. The molecule has 0 saturated carbocycles. The summed E-state index contributed by atoms with van der Waals surface area (Å²) in [6.45, 7) is 0.0303. The number of nitrogens with two attached hydrogens (primary N) is 1. The Morgan fingerprint density at radius 3 is 2.73 bits per heavy atom. The Balaban J connectivity index is 2.96. The molecule has 1 amide bonds. The molecule has 0 atom stereocenters. The molecule has 0 unspecified atom stereocenters. The van der Waals surface area contributed by atoms with Crippen LogP contribution in [0.4, 0.5) is 0 Å². The Bertz CT molecular complexity index is 351. The van der Waals surface area contributed by atoms with Crippen molar-refractivity contribution in [2.75, 3.05) is 20.3 Å². The second-order valence-corrected chi connectivity index (χ2v) is 2.80. The third kappa shape index (κ3) is 2.85. The van der Waals surface area contributed by atoms with E-state index in [9.17, 15) is 4.79 Å². The van der Waals surface area contributed by atoms with Gasteiger partial charge in [-0.05, 0) is 18.2 Å². The van der Waals surface area contributed by atoms with Crippen LogP contribution in [-0.2, 0) is 0 Å². The van der Waals surface area contributed by atoms with Crippen LogP contribution in [0.5, 0.6) is 11.5 Å². The number of benzene rings is 1. The Labute approximate surface area is 87.4 Å². The zero-order chi connectivity index (χ0) is 11.3. The first-order chi connectivity index (χ1) is 7.19. The highest BCUT2D eigenvalue weighted by Gasteiger charge is 2.08. The zero-order valence-electron chi connectivity index (χ0n) is 8.40. The first-order valence-electron chi connectivity index (χ1n) is 4.40. The van der Waals surface area contributed by atoms with Crippen LogP contribution in [0.15, 0.2) is 18.2 Å². The van der Waals surface area contributed by atoms with E-state index in [0.29, 0.717) is 17.1 Å². The van der Waals surface area contributed by atoms with Gasteiger partial charge in [-0.2, -0.15) is 0 Å². The van der Waals surface area contributed by atoms with E-state index in [1.54, 1.807) is 12.1 Å². The summed E-state index contributed by atoms with van der Waals surface area (Å²) in [5.41, 5.74) is 5.45. The van der Waals surface area contributed by atoms with Gasteiger partial charge in [0.05, 0.1) is 13.7 Å². The molecular formula is C10H13NO4. The van der Waals surface area contributed by atoms with E-state index in [0.717, 1.165) is 0 Å². The smallest absolute Gasteiger partial charge is 0.248 e. The molecule has 5 heteroatoms. The minimum absolute atomic E-state index is 0.107. The quantitative estimate of drug-likeness (QED) is 0.727. The zero-order valence-corrected chi connectivity index (χ0v) is 8.40. The third-order valence-corrected chi connectivity index (χ3v) is 1.80. The number of primary amides is 1. The lowest BCUT2D eigenvalue weighted by atomic mass is 10.2. The summed E-state index contributed by atoms with van der Waals surface area (Å²) >= 11 is 0. The summed E-state index contributed by atoms with van der Waals surface area (Å²) in [4.78, 5) is 10.9. The average Bonchev–Trinajstić information content (AvgIpc) is 2.25. The summed E-state index contributed by atoms with van der Waals surface area (Å²) in [7, 11) is 1.49. The van der Waals surface area contributed by atoms with Gasteiger partial charge in [0.1, 0.15) is 6.61 Å². The van der Waals surface area contributed by atoms with Crippen LogP contribution in [0, 0.1) is 0 Å². The molecule has 1 rings (SSSR count). The predicted molar refractivity (Wildman–Crippen MR) is 54.1 cm³/mol. The molecule has 0 heterocycles. The molecule has 0 aliphatic carbocycles. The van der Waals surface area contributed by atoms with Crippen molar-refractivity contribution in [3.8, 4) is 11.5 Å². The molecule has 0 aromatic heterocycles. The van der Waals surface area contributed by atoms with Crippen LogP contribution in [0.25, 0.3) is 0 Å². The van der Waals surface area contributed by atoms with E-state index in [2.05, 4.69) is 0 Å². The van der Waals surface area contributed by atoms with Crippen molar-refractivity contribution in [3.05, 3.63) is 23.8 Å². The van der Waals surface area contributed by atoms with Crippen LogP contribution in [0.1, 0.15) is 10.4 Å². The van der Waals surface area contributed by atoms with Crippen LogP contribution < -0.4 is 15.2 Å². The predicted octanol–water partition coefficient (Wildman–Crippen LogP) is 0.165. The maximum absolute atomic E-state index is 10.9. The van der Waals surface area contributed by atoms with Gasteiger partial charge in [0.15, 0.2) is 11.5 Å². The number of methoxy groups -OCH3 is 1. The number of amides is 1. The number of carbonyl (C=O) groups is 1. The summed E-state index contributed by atoms with van der Waals surface area (Å²) in [5, 5.41) is 8.61. The van der Waals surface area contributed by atoms with E-state index < -0.39 is 5.91 Å².